The first-order chi connectivity index (χ1) is 10.2. The van der Waals surface area contributed by atoms with Crippen LogP contribution in [0.25, 0.3) is 0 Å². The molecule has 1 aromatic rings. The molecule has 2 aliphatic heterocycles. The van der Waals surface area contributed by atoms with E-state index in [2.05, 4.69) is 6.07 Å². The van der Waals surface area contributed by atoms with Gasteiger partial charge in [0.25, 0.3) is 0 Å². The van der Waals surface area contributed by atoms with Crippen molar-refractivity contribution < 1.29 is 14.3 Å². The first-order valence-corrected chi connectivity index (χ1v) is 6.88. The molecule has 1 fully saturated rings. The summed E-state index contributed by atoms with van der Waals surface area (Å²) in [6.07, 6.45) is 0.744. The Balaban J connectivity index is 1.73. The molecule has 1 saturated heterocycles. The largest absolute Gasteiger partial charge is 0.370 e. The number of ether oxygens (including phenoxy) is 1. The smallest absolute Gasteiger partial charge is 0.249 e. The van der Waals surface area contributed by atoms with Gasteiger partial charge in [0.2, 0.25) is 11.8 Å². The maximum absolute atomic E-state index is 12.4. The zero-order valence-corrected chi connectivity index (χ0v) is 11.5. The van der Waals surface area contributed by atoms with Crippen LogP contribution in [-0.4, -0.2) is 49.6 Å². The van der Waals surface area contributed by atoms with Gasteiger partial charge in [0.15, 0.2) is 0 Å². The topological polar surface area (TPSA) is 73.6 Å². The number of rotatable bonds is 2. The molecular weight excluding hydrogens is 270 g/mol. The van der Waals surface area contributed by atoms with Gasteiger partial charge in [-0.05, 0) is 30.2 Å². The Morgan fingerprint density at radius 1 is 1.38 bits per heavy atom. The third-order valence-corrected chi connectivity index (χ3v) is 3.82. The molecule has 0 radical (unpaired) electrons. The SMILES string of the molecule is N#Cc1ccc2c(c1)CCN2C(=O)CN1CCOCC1=O. The van der Waals surface area contributed by atoms with Crippen LogP contribution in [0.3, 0.4) is 0 Å². The van der Waals surface area contributed by atoms with Gasteiger partial charge < -0.3 is 14.5 Å². The highest BCUT2D eigenvalue weighted by molar-refractivity contribution is 5.98. The van der Waals surface area contributed by atoms with Crippen molar-refractivity contribution in [2.24, 2.45) is 0 Å². The Morgan fingerprint density at radius 2 is 2.24 bits per heavy atom. The molecule has 0 atom stereocenters. The van der Waals surface area contributed by atoms with Crippen LogP contribution < -0.4 is 4.90 Å². The normalized spacial score (nSPS) is 17.6. The van der Waals surface area contributed by atoms with Crippen LogP contribution in [0.4, 0.5) is 5.69 Å². The molecular formula is C15H15N3O3. The Kier molecular flexibility index (Phi) is 3.59. The van der Waals surface area contributed by atoms with Crippen molar-refractivity contribution in [3.63, 3.8) is 0 Å². The molecule has 2 aliphatic rings. The maximum atomic E-state index is 12.4. The van der Waals surface area contributed by atoms with E-state index in [1.807, 2.05) is 6.07 Å². The number of carbonyl (C=O) groups excluding carboxylic acids is 2. The van der Waals surface area contributed by atoms with Gasteiger partial charge >= 0.3 is 0 Å². The Bertz CT molecular complexity index is 636. The number of anilines is 1. The fraction of sp³-hybridized carbons (Fsp3) is 0.400. The fourth-order valence-corrected chi connectivity index (χ4v) is 2.70. The molecule has 1 aromatic carbocycles. The van der Waals surface area contributed by atoms with Crippen LogP contribution in [0.1, 0.15) is 11.1 Å². The van der Waals surface area contributed by atoms with Gasteiger partial charge in [-0.25, -0.2) is 0 Å². The Morgan fingerprint density at radius 3 is 3.00 bits per heavy atom. The molecule has 0 bridgehead atoms. The van der Waals surface area contributed by atoms with E-state index >= 15 is 0 Å². The van der Waals surface area contributed by atoms with Gasteiger partial charge in [-0.2, -0.15) is 5.26 Å². The fourth-order valence-electron chi connectivity index (χ4n) is 2.70. The average molecular weight is 285 g/mol. The molecule has 3 rings (SSSR count). The third kappa shape index (κ3) is 2.60. The molecule has 0 spiro atoms. The first-order valence-electron chi connectivity index (χ1n) is 6.88. The van der Waals surface area contributed by atoms with Gasteiger partial charge in [-0.3, -0.25) is 9.59 Å². The Labute approximate surface area is 122 Å². The van der Waals surface area contributed by atoms with Gasteiger partial charge in [0, 0.05) is 18.8 Å². The van der Waals surface area contributed by atoms with E-state index in [9.17, 15) is 9.59 Å². The number of carbonyl (C=O) groups is 2. The number of fused-ring (bicyclic) bond motifs is 1. The quantitative estimate of drug-likeness (QED) is 0.783. The number of hydrogen-bond donors (Lipinski definition) is 0. The molecule has 0 unspecified atom stereocenters. The van der Waals surface area contributed by atoms with Crippen LogP contribution in [0, 0.1) is 11.3 Å². The van der Waals surface area contributed by atoms with Gasteiger partial charge in [0.05, 0.1) is 18.2 Å². The second kappa shape index (κ2) is 5.54. The van der Waals surface area contributed by atoms with Crippen molar-refractivity contribution >= 4 is 17.5 Å². The molecule has 6 heteroatoms. The number of amides is 2. The monoisotopic (exact) mass is 285 g/mol. The lowest BCUT2D eigenvalue weighted by atomic mass is 10.1. The van der Waals surface area contributed by atoms with E-state index in [4.69, 9.17) is 10.00 Å². The van der Waals surface area contributed by atoms with Crippen molar-refractivity contribution in [1.82, 2.24) is 4.90 Å². The van der Waals surface area contributed by atoms with E-state index in [-0.39, 0.29) is 25.0 Å². The molecule has 21 heavy (non-hydrogen) atoms. The van der Waals surface area contributed by atoms with Crippen LogP contribution in [-0.2, 0) is 20.7 Å². The minimum absolute atomic E-state index is 0.0510. The van der Waals surface area contributed by atoms with E-state index in [1.54, 1.807) is 17.0 Å². The number of nitriles is 1. The summed E-state index contributed by atoms with van der Waals surface area (Å²) in [5, 5.41) is 8.90. The van der Waals surface area contributed by atoms with Crippen molar-refractivity contribution in [3.05, 3.63) is 29.3 Å². The van der Waals surface area contributed by atoms with E-state index in [1.165, 1.54) is 4.90 Å². The summed E-state index contributed by atoms with van der Waals surface area (Å²) in [5.74, 6) is -0.234. The standard InChI is InChI=1S/C15H15N3O3/c16-8-11-1-2-13-12(7-11)3-4-18(13)14(19)9-17-5-6-21-10-15(17)20/h1-2,7H,3-6,9-10H2. The molecule has 2 amide bonds. The lowest BCUT2D eigenvalue weighted by Crippen LogP contribution is -2.47. The highest BCUT2D eigenvalue weighted by Crippen LogP contribution is 2.28. The van der Waals surface area contributed by atoms with Gasteiger partial charge in [0.1, 0.15) is 13.2 Å². The summed E-state index contributed by atoms with van der Waals surface area (Å²) < 4.78 is 5.05. The molecule has 0 saturated carbocycles. The van der Waals surface area contributed by atoms with Crippen molar-refractivity contribution in [2.45, 2.75) is 6.42 Å². The summed E-state index contributed by atoms with van der Waals surface area (Å²) in [7, 11) is 0. The molecule has 0 N–H and O–H groups in total. The van der Waals surface area contributed by atoms with Crippen LogP contribution >= 0.6 is 0 Å². The third-order valence-electron chi connectivity index (χ3n) is 3.82. The highest BCUT2D eigenvalue weighted by atomic mass is 16.5. The molecule has 0 aromatic heterocycles. The lowest BCUT2D eigenvalue weighted by molar-refractivity contribution is -0.145. The average Bonchev–Trinajstić information content (AvgIpc) is 2.92. The summed E-state index contributed by atoms with van der Waals surface area (Å²) in [6.45, 7) is 1.67. The van der Waals surface area contributed by atoms with Crippen molar-refractivity contribution in [3.8, 4) is 6.07 Å². The van der Waals surface area contributed by atoms with Gasteiger partial charge in [-0.15, -0.1) is 0 Å². The minimum Gasteiger partial charge on any atom is -0.370 e. The summed E-state index contributed by atoms with van der Waals surface area (Å²) in [5.41, 5.74) is 2.46. The second-order valence-corrected chi connectivity index (χ2v) is 5.12. The molecule has 6 nitrogen and oxygen atoms in total. The van der Waals surface area contributed by atoms with Crippen molar-refractivity contribution in [2.75, 3.05) is 37.7 Å². The predicted molar refractivity (Wildman–Crippen MR) is 74.6 cm³/mol. The number of nitrogens with zero attached hydrogens (tertiary/aromatic N) is 3. The molecule has 2 heterocycles. The highest BCUT2D eigenvalue weighted by Gasteiger charge is 2.28. The van der Waals surface area contributed by atoms with E-state index < -0.39 is 0 Å². The predicted octanol–water partition coefficient (Wildman–Crippen LogP) is 0.306. The van der Waals surface area contributed by atoms with Gasteiger partial charge in [-0.1, -0.05) is 0 Å². The zero-order valence-electron chi connectivity index (χ0n) is 11.5. The maximum Gasteiger partial charge on any atom is 0.249 e. The van der Waals surface area contributed by atoms with E-state index in [0.717, 1.165) is 17.7 Å². The molecule has 108 valence electrons. The van der Waals surface area contributed by atoms with Crippen LogP contribution in [0.2, 0.25) is 0 Å². The van der Waals surface area contributed by atoms with E-state index in [0.29, 0.717) is 25.3 Å². The summed E-state index contributed by atoms with van der Waals surface area (Å²) in [4.78, 5) is 27.3. The zero-order chi connectivity index (χ0) is 14.8. The molecule has 0 aliphatic carbocycles. The second-order valence-electron chi connectivity index (χ2n) is 5.12. The number of hydrogen-bond acceptors (Lipinski definition) is 4. The summed E-state index contributed by atoms with van der Waals surface area (Å²) in [6, 6.07) is 7.44. The lowest BCUT2D eigenvalue weighted by Gasteiger charge is -2.28. The summed E-state index contributed by atoms with van der Waals surface area (Å²) >= 11 is 0. The minimum atomic E-state index is -0.145. The first kappa shape index (κ1) is 13.6. The Hall–Kier alpha value is -2.39. The number of benzene rings is 1. The number of morpholine rings is 1. The van der Waals surface area contributed by atoms with Crippen molar-refractivity contribution in [1.29, 1.82) is 5.26 Å². The van der Waals surface area contributed by atoms with Crippen LogP contribution in [0.5, 0.6) is 0 Å². The van der Waals surface area contributed by atoms with Crippen LogP contribution in [0.15, 0.2) is 18.2 Å².